The summed E-state index contributed by atoms with van der Waals surface area (Å²) >= 11 is 0. The SMILES string of the molecule is COc1ccc(/C(N)=N/O)cc1CNCC(F)(F)F. The van der Waals surface area contributed by atoms with Crippen molar-refractivity contribution in [3.05, 3.63) is 29.3 Å². The van der Waals surface area contributed by atoms with Crippen LogP contribution in [0.25, 0.3) is 0 Å². The van der Waals surface area contributed by atoms with E-state index in [1.54, 1.807) is 6.07 Å². The Labute approximate surface area is 107 Å². The van der Waals surface area contributed by atoms with E-state index in [1.165, 1.54) is 19.2 Å². The van der Waals surface area contributed by atoms with Crippen molar-refractivity contribution in [1.82, 2.24) is 5.32 Å². The van der Waals surface area contributed by atoms with Crippen LogP contribution in [-0.2, 0) is 6.54 Å². The molecule has 1 rings (SSSR count). The van der Waals surface area contributed by atoms with Gasteiger partial charge >= 0.3 is 6.18 Å². The molecule has 106 valence electrons. The van der Waals surface area contributed by atoms with Gasteiger partial charge in [0.15, 0.2) is 5.84 Å². The highest BCUT2D eigenvalue weighted by Gasteiger charge is 2.26. The van der Waals surface area contributed by atoms with Crippen molar-refractivity contribution in [1.29, 1.82) is 0 Å². The first-order chi connectivity index (χ1) is 8.87. The van der Waals surface area contributed by atoms with E-state index in [0.29, 0.717) is 16.9 Å². The van der Waals surface area contributed by atoms with Gasteiger partial charge in [-0.1, -0.05) is 5.16 Å². The minimum Gasteiger partial charge on any atom is -0.496 e. The Balaban J connectivity index is 2.85. The first kappa shape index (κ1) is 15.1. The minimum atomic E-state index is -4.28. The zero-order chi connectivity index (χ0) is 14.5. The molecule has 0 heterocycles. The lowest BCUT2D eigenvalue weighted by atomic mass is 10.1. The first-order valence-electron chi connectivity index (χ1n) is 5.29. The van der Waals surface area contributed by atoms with Crippen LogP contribution in [0.1, 0.15) is 11.1 Å². The van der Waals surface area contributed by atoms with Gasteiger partial charge in [-0.05, 0) is 18.2 Å². The molecule has 0 saturated carbocycles. The van der Waals surface area contributed by atoms with Crippen LogP contribution in [0.3, 0.4) is 0 Å². The summed E-state index contributed by atoms with van der Waals surface area (Å²) in [7, 11) is 1.41. The van der Waals surface area contributed by atoms with E-state index in [9.17, 15) is 13.2 Å². The van der Waals surface area contributed by atoms with E-state index in [2.05, 4.69) is 10.5 Å². The Bertz CT molecular complexity index is 461. The van der Waals surface area contributed by atoms with Crippen LogP contribution in [-0.4, -0.2) is 30.9 Å². The summed E-state index contributed by atoms with van der Waals surface area (Å²) in [4.78, 5) is 0. The monoisotopic (exact) mass is 277 g/mol. The summed E-state index contributed by atoms with van der Waals surface area (Å²) in [6.07, 6.45) is -4.28. The molecule has 0 aliphatic carbocycles. The van der Waals surface area contributed by atoms with Crippen LogP contribution < -0.4 is 15.8 Å². The number of nitrogens with zero attached hydrogens (tertiary/aromatic N) is 1. The van der Waals surface area contributed by atoms with Crippen LogP contribution in [0.15, 0.2) is 23.4 Å². The number of halogens is 3. The third-order valence-corrected chi connectivity index (χ3v) is 2.32. The summed E-state index contributed by atoms with van der Waals surface area (Å²) < 4.78 is 41.1. The average molecular weight is 277 g/mol. The largest absolute Gasteiger partial charge is 0.496 e. The Hall–Kier alpha value is -1.96. The van der Waals surface area contributed by atoms with Crippen LogP contribution in [0, 0.1) is 0 Å². The Morgan fingerprint density at radius 2 is 2.16 bits per heavy atom. The second-order valence-corrected chi connectivity index (χ2v) is 3.73. The molecule has 0 spiro atoms. The number of nitrogens with one attached hydrogen (secondary N) is 1. The average Bonchev–Trinajstić information content (AvgIpc) is 2.36. The summed E-state index contributed by atoms with van der Waals surface area (Å²) in [6.45, 7) is -1.15. The molecule has 0 bridgehead atoms. The Morgan fingerprint density at radius 3 is 2.68 bits per heavy atom. The molecule has 0 amide bonds. The van der Waals surface area contributed by atoms with Crippen molar-refractivity contribution < 1.29 is 23.1 Å². The van der Waals surface area contributed by atoms with Crippen molar-refractivity contribution in [3.8, 4) is 5.75 Å². The molecule has 8 heteroatoms. The second kappa shape index (κ2) is 6.28. The fourth-order valence-corrected chi connectivity index (χ4v) is 1.47. The standard InChI is InChI=1S/C11H14F3N3O2/c1-19-9-3-2-7(10(15)17-18)4-8(9)5-16-6-11(12,13)14/h2-4,16,18H,5-6H2,1H3,(H2,15,17). The lowest BCUT2D eigenvalue weighted by Gasteiger charge is -2.12. The predicted octanol–water partition coefficient (Wildman–Crippen LogP) is 1.44. The number of amidine groups is 1. The zero-order valence-electron chi connectivity index (χ0n) is 10.2. The molecule has 0 atom stereocenters. The number of rotatable bonds is 5. The van der Waals surface area contributed by atoms with E-state index in [4.69, 9.17) is 15.7 Å². The smallest absolute Gasteiger partial charge is 0.401 e. The number of methoxy groups -OCH3 is 1. The molecule has 19 heavy (non-hydrogen) atoms. The van der Waals surface area contributed by atoms with Gasteiger partial charge in [0.1, 0.15) is 5.75 Å². The van der Waals surface area contributed by atoms with Crippen molar-refractivity contribution in [2.24, 2.45) is 10.9 Å². The minimum absolute atomic E-state index is 0.0464. The molecular formula is C11H14F3N3O2. The molecule has 1 aromatic rings. The predicted molar refractivity (Wildman–Crippen MR) is 63.3 cm³/mol. The van der Waals surface area contributed by atoms with Gasteiger partial charge in [-0.3, -0.25) is 0 Å². The number of nitrogens with two attached hydrogens (primary N) is 1. The summed E-state index contributed by atoms with van der Waals surface area (Å²) in [5, 5.41) is 13.6. The summed E-state index contributed by atoms with van der Waals surface area (Å²) in [5.74, 6) is 0.295. The Kier molecular flexibility index (Phi) is 4.99. The van der Waals surface area contributed by atoms with Crippen molar-refractivity contribution >= 4 is 5.84 Å². The molecule has 0 aliphatic rings. The third-order valence-electron chi connectivity index (χ3n) is 2.32. The van der Waals surface area contributed by atoms with Crippen molar-refractivity contribution in [2.75, 3.05) is 13.7 Å². The van der Waals surface area contributed by atoms with Gasteiger partial charge in [-0.2, -0.15) is 13.2 Å². The molecule has 0 fully saturated rings. The van der Waals surface area contributed by atoms with E-state index in [-0.39, 0.29) is 12.4 Å². The van der Waals surface area contributed by atoms with Gasteiger partial charge in [-0.15, -0.1) is 0 Å². The molecule has 0 unspecified atom stereocenters. The zero-order valence-corrected chi connectivity index (χ0v) is 10.2. The molecule has 0 saturated heterocycles. The summed E-state index contributed by atoms with van der Waals surface area (Å²) in [6, 6.07) is 4.58. The number of oxime groups is 1. The number of hydrogen-bond acceptors (Lipinski definition) is 4. The van der Waals surface area contributed by atoms with E-state index in [1.807, 2.05) is 0 Å². The molecule has 4 N–H and O–H groups in total. The van der Waals surface area contributed by atoms with Crippen LogP contribution in [0.2, 0.25) is 0 Å². The lowest BCUT2D eigenvalue weighted by molar-refractivity contribution is -0.125. The van der Waals surface area contributed by atoms with Gasteiger partial charge in [0.2, 0.25) is 0 Å². The lowest BCUT2D eigenvalue weighted by Crippen LogP contribution is -2.28. The van der Waals surface area contributed by atoms with Gasteiger partial charge < -0.3 is 21.0 Å². The van der Waals surface area contributed by atoms with Crippen molar-refractivity contribution in [2.45, 2.75) is 12.7 Å². The van der Waals surface area contributed by atoms with E-state index >= 15 is 0 Å². The first-order valence-corrected chi connectivity index (χ1v) is 5.29. The number of benzene rings is 1. The van der Waals surface area contributed by atoms with Gasteiger partial charge in [-0.25, -0.2) is 0 Å². The second-order valence-electron chi connectivity index (χ2n) is 3.73. The van der Waals surface area contributed by atoms with Crippen LogP contribution in [0.5, 0.6) is 5.75 Å². The Morgan fingerprint density at radius 1 is 1.47 bits per heavy atom. The highest BCUT2D eigenvalue weighted by molar-refractivity contribution is 5.97. The highest BCUT2D eigenvalue weighted by atomic mass is 19.4. The highest BCUT2D eigenvalue weighted by Crippen LogP contribution is 2.20. The molecule has 1 aromatic carbocycles. The number of alkyl halides is 3. The maximum absolute atomic E-state index is 12.0. The fourth-order valence-electron chi connectivity index (χ4n) is 1.47. The molecular weight excluding hydrogens is 263 g/mol. The quantitative estimate of drug-likeness (QED) is 0.329. The molecule has 5 nitrogen and oxygen atoms in total. The maximum atomic E-state index is 12.0. The summed E-state index contributed by atoms with van der Waals surface area (Å²) in [5.41, 5.74) is 6.29. The van der Waals surface area contributed by atoms with Crippen molar-refractivity contribution in [3.63, 3.8) is 0 Å². The van der Waals surface area contributed by atoms with Gasteiger partial charge in [0, 0.05) is 17.7 Å². The van der Waals surface area contributed by atoms with E-state index < -0.39 is 12.7 Å². The topological polar surface area (TPSA) is 79.9 Å². The van der Waals surface area contributed by atoms with Crippen LogP contribution in [0.4, 0.5) is 13.2 Å². The third kappa shape index (κ3) is 4.66. The fraction of sp³-hybridized carbons (Fsp3) is 0.364. The van der Waals surface area contributed by atoms with E-state index in [0.717, 1.165) is 0 Å². The number of hydrogen-bond donors (Lipinski definition) is 3. The molecule has 0 aromatic heterocycles. The van der Waals surface area contributed by atoms with Crippen LogP contribution >= 0.6 is 0 Å². The van der Waals surface area contributed by atoms with Gasteiger partial charge in [0.05, 0.1) is 13.7 Å². The number of ether oxygens (including phenoxy) is 1. The molecule has 0 radical (unpaired) electrons. The normalized spacial score (nSPS) is 12.5. The maximum Gasteiger partial charge on any atom is 0.401 e. The molecule has 0 aliphatic heterocycles. The van der Waals surface area contributed by atoms with Gasteiger partial charge in [0.25, 0.3) is 0 Å².